The summed E-state index contributed by atoms with van der Waals surface area (Å²) in [7, 11) is 0. The molecule has 3 rings (SSSR count). The number of nitro benzene ring substituents is 1. The van der Waals surface area contributed by atoms with Gasteiger partial charge in [-0.15, -0.1) is 0 Å². The van der Waals surface area contributed by atoms with E-state index in [1.54, 1.807) is 12.1 Å². The Hall–Kier alpha value is -1.42. The van der Waals surface area contributed by atoms with Gasteiger partial charge < -0.3 is 5.32 Å². The second-order valence-electron chi connectivity index (χ2n) is 3.92. The first-order chi connectivity index (χ1) is 6.75. The summed E-state index contributed by atoms with van der Waals surface area (Å²) >= 11 is 0. The lowest BCUT2D eigenvalue weighted by molar-refractivity contribution is -0.384. The number of nitrogens with zero attached hydrogens (tertiary/aromatic N) is 1. The van der Waals surface area contributed by atoms with Gasteiger partial charge in [-0.05, 0) is 24.0 Å². The summed E-state index contributed by atoms with van der Waals surface area (Å²) in [5, 5.41) is 14.0. The first kappa shape index (κ1) is 7.94. The topological polar surface area (TPSA) is 55.2 Å². The van der Waals surface area contributed by atoms with Crippen molar-refractivity contribution in [3.8, 4) is 0 Å². The van der Waals surface area contributed by atoms with E-state index in [4.69, 9.17) is 0 Å². The second-order valence-corrected chi connectivity index (χ2v) is 3.92. The molecule has 2 bridgehead atoms. The van der Waals surface area contributed by atoms with Crippen LogP contribution in [0.1, 0.15) is 36.1 Å². The maximum atomic E-state index is 10.6. The molecule has 4 heteroatoms. The third kappa shape index (κ3) is 0.915. The van der Waals surface area contributed by atoms with Crippen LogP contribution in [-0.4, -0.2) is 4.92 Å². The van der Waals surface area contributed by atoms with Crippen molar-refractivity contribution >= 4 is 5.69 Å². The van der Waals surface area contributed by atoms with Gasteiger partial charge >= 0.3 is 0 Å². The van der Waals surface area contributed by atoms with Crippen molar-refractivity contribution in [1.29, 1.82) is 0 Å². The van der Waals surface area contributed by atoms with E-state index < -0.39 is 0 Å². The first-order valence-corrected chi connectivity index (χ1v) is 4.80. The maximum absolute atomic E-state index is 10.6. The van der Waals surface area contributed by atoms with Crippen molar-refractivity contribution in [3.63, 3.8) is 0 Å². The van der Waals surface area contributed by atoms with Gasteiger partial charge in [0.15, 0.2) is 0 Å². The molecule has 0 aromatic heterocycles. The van der Waals surface area contributed by atoms with Gasteiger partial charge in [0.25, 0.3) is 5.69 Å². The van der Waals surface area contributed by atoms with E-state index >= 15 is 0 Å². The third-order valence-electron chi connectivity index (χ3n) is 3.18. The highest BCUT2D eigenvalue weighted by Gasteiger charge is 2.36. The lowest BCUT2D eigenvalue weighted by Gasteiger charge is -2.11. The quantitative estimate of drug-likeness (QED) is 0.544. The lowest BCUT2D eigenvalue weighted by Crippen LogP contribution is -2.05. The molecule has 2 atom stereocenters. The van der Waals surface area contributed by atoms with E-state index in [1.165, 1.54) is 5.56 Å². The number of nitrogens with one attached hydrogen (secondary N) is 1. The van der Waals surface area contributed by atoms with Crippen LogP contribution >= 0.6 is 0 Å². The van der Waals surface area contributed by atoms with Crippen LogP contribution in [0.4, 0.5) is 5.69 Å². The van der Waals surface area contributed by atoms with Crippen LogP contribution in [0.2, 0.25) is 0 Å². The van der Waals surface area contributed by atoms with Crippen LogP contribution in [0.3, 0.4) is 0 Å². The number of fused-ring (bicyclic) bond motifs is 5. The zero-order chi connectivity index (χ0) is 9.71. The molecule has 1 aromatic carbocycles. The smallest absolute Gasteiger partial charge is 0.269 e. The molecule has 1 fully saturated rings. The standard InChI is InChI=1S/C10H10N2O2/c13-12(14)6-1-2-7-8(5-6)10-4-3-9(7)11-10/h1-2,5,9-11H,3-4H2/t9-,10+/m0/s1. The average Bonchev–Trinajstić information content (AvgIpc) is 2.77. The molecule has 1 N–H and O–H groups in total. The molecule has 1 aromatic rings. The zero-order valence-electron chi connectivity index (χ0n) is 7.56. The van der Waals surface area contributed by atoms with Gasteiger partial charge in [0.1, 0.15) is 0 Å². The molecule has 4 nitrogen and oxygen atoms in total. The van der Waals surface area contributed by atoms with Crippen LogP contribution in [-0.2, 0) is 0 Å². The number of benzene rings is 1. The normalized spacial score (nSPS) is 27.7. The molecular formula is C10H10N2O2. The van der Waals surface area contributed by atoms with E-state index in [1.807, 2.05) is 6.07 Å². The van der Waals surface area contributed by atoms with Gasteiger partial charge in [-0.3, -0.25) is 10.1 Å². The lowest BCUT2D eigenvalue weighted by atomic mass is 9.91. The molecule has 0 aliphatic carbocycles. The molecule has 0 amide bonds. The van der Waals surface area contributed by atoms with E-state index in [9.17, 15) is 10.1 Å². The van der Waals surface area contributed by atoms with Crippen molar-refractivity contribution in [2.45, 2.75) is 24.9 Å². The summed E-state index contributed by atoms with van der Waals surface area (Å²) in [6.45, 7) is 0. The maximum Gasteiger partial charge on any atom is 0.269 e. The van der Waals surface area contributed by atoms with Crippen molar-refractivity contribution in [1.82, 2.24) is 5.32 Å². The van der Waals surface area contributed by atoms with Crippen LogP contribution < -0.4 is 5.32 Å². The number of rotatable bonds is 1. The summed E-state index contributed by atoms with van der Waals surface area (Å²) in [5.74, 6) is 0. The van der Waals surface area contributed by atoms with Gasteiger partial charge in [0.2, 0.25) is 0 Å². The minimum atomic E-state index is -0.327. The van der Waals surface area contributed by atoms with Gasteiger partial charge in [-0.2, -0.15) is 0 Å². The third-order valence-corrected chi connectivity index (χ3v) is 3.18. The molecule has 0 unspecified atom stereocenters. The number of hydrogen-bond acceptors (Lipinski definition) is 3. The molecule has 2 heterocycles. The Bertz CT molecular complexity index is 417. The first-order valence-electron chi connectivity index (χ1n) is 4.80. The summed E-state index contributed by atoms with van der Waals surface area (Å²) in [6, 6.07) is 6.00. The summed E-state index contributed by atoms with van der Waals surface area (Å²) in [6.07, 6.45) is 2.27. The molecule has 0 radical (unpaired) electrons. The Morgan fingerprint density at radius 2 is 2.00 bits per heavy atom. The predicted octanol–water partition coefficient (Wildman–Crippen LogP) is 2.07. The largest absolute Gasteiger partial charge is 0.303 e. The summed E-state index contributed by atoms with van der Waals surface area (Å²) in [4.78, 5) is 10.3. The van der Waals surface area contributed by atoms with Crippen molar-refractivity contribution < 1.29 is 4.92 Å². The van der Waals surface area contributed by atoms with Crippen molar-refractivity contribution in [3.05, 3.63) is 39.4 Å². The van der Waals surface area contributed by atoms with Crippen LogP contribution in [0, 0.1) is 10.1 Å². The minimum Gasteiger partial charge on any atom is -0.303 e. The Kier molecular flexibility index (Phi) is 1.44. The number of hydrogen-bond donors (Lipinski definition) is 1. The fourth-order valence-corrected chi connectivity index (χ4v) is 2.53. The van der Waals surface area contributed by atoms with Gasteiger partial charge in [0, 0.05) is 24.2 Å². The molecule has 2 aliphatic heterocycles. The van der Waals surface area contributed by atoms with Gasteiger partial charge in [0.05, 0.1) is 4.92 Å². The van der Waals surface area contributed by atoms with E-state index in [0.29, 0.717) is 12.1 Å². The van der Waals surface area contributed by atoms with E-state index in [2.05, 4.69) is 5.32 Å². The highest BCUT2D eigenvalue weighted by molar-refractivity contribution is 5.47. The number of non-ortho nitro benzene ring substituents is 1. The van der Waals surface area contributed by atoms with Crippen molar-refractivity contribution in [2.24, 2.45) is 0 Å². The van der Waals surface area contributed by atoms with Crippen LogP contribution in [0.15, 0.2) is 18.2 Å². The highest BCUT2D eigenvalue weighted by Crippen LogP contribution is 2.45. The molecule has 0 spiro atoms. The fraction of sp³-hybridized carbons (Fsp3) is 0.400. The summed E-state index contributed by atoms with van der Waals surface area (Å²) in [5.41, 5.74) is 2.60. The predicted molar refractivity (Wildman–Crippen MR) is 50.9 cm³/mol. The molecule has 14 heavy (non-hydrogen) atoms. The molecule has 2 aliphatic rings. The van der Waals surface area contributed by atoms with E-state index in [0.717, 1.165) is 18.4 Å². The fourth-order valence-electron chi connectivity index (χ4n) is 2.53. The minimum absolute atomic E-state index is 0.207. The van der Waals surface area contributed by atoms with E-state index in [-0.39, 0.29) is 10.6 Å². The second kappa shape index (κ2) is 2.54. The Morgan fingerprint density at radius 1 is 1.29 bits per heavy atom. The average molecular weight is 190 g/mol. The Morgan fingerprint density at radius 3 is 2.71 bits per heavy atom. The van der Waals surface area contributed by atoms with Crippen LogP contribution in [0.5, 0.6) is 0 Å². The van der Waals surface area contributed by atoms with Crippen LogP contribution in [0.25, 0.3) is 0 Å². The van der Waals surface area contributed by atoms with Gasteiger partial charge in [-0.1, -0.05) is 6.07 Å². The molecule has 0 saturated carbocycles. The Labute approximate surface area is 81.1 Å². The zero-order valence-corrected chi connectivity index (χ0v) is 7.56. The molecule has 1 saturated heterocycles. The molecular weight excluding hydrogens is 180 g/mol. The molecule has 72 valence electrons. The number of nitro groups is 1. The monoisotopic (exact) mass is 190 g/mol. The SMILES string of the molecule is O=[N+]([O-])c1ccc2c(c1)[C@H]1CC[C@@H]2N1. The highest BCUT2D eigenvalue weighted by atomic mass is 16.6. The Balaban J connectivity index is 2.12. The summed E-state index contributed by atoms with van der Waals surface area (Å²) < 4.78 is 0. The van der Waals surface area contributed by atoms with Gasteiger partial charge in [-0.25, -0.2) is 0 Å². The van der Waals surface area contributed by atoms with Crippen molar-refractivity contribution in [2.75, 3.05) is 0 Å².